The minimum absolute atomic E-state index is 0.0157. The van der Waals surface area contributed by atoms with Crippen LogP contribution in [0.5, 0.6) is 11.5 Å². The maximum Gasteiger partial charge on any atom is 0.342 e. The van der Waals surface area contributed by atoms with E-state index in [0.717, 1.165) is 11.1 Å². The van der Waals surface area contributed by atoms with Gasteiger partial charge in [-0.2, -0.15) is 8.42 Å². The van der Waals surface area contributed by atoms with E-state index < -0.39 is 10.1 Å². The third-order valence-electron chi connectivity index (χ3n) is 3.00. The molecule has 0 N–H and O–H groups in total. The Kier molecular flexibility index (Phi) is 4.98. The number of rotatable bonds is 5. The molecule has 4 nitrogen and oxygen atoms in total. The lowest BCUT2D eigenvalue weighted by Gasteiger charge is -2.13. The van der Waals surface area contributed by atoms with Gasteiger partial charge in [-0.15, -0.1) is 0 Å². The molecule has 0 bridgehead atoms. The Balaban J connectivity index is 2.41. The molecule has 0 aliphatic heterocycles. The molecule has 6 heteroatoms. The van der Waals surface area contributed by atoms with Crippen LogP contribution in [0.15, 0.2) is 41.3 Å². The fourth-order valence-electron chi connectivity index (χ4n) is 1.93. The Labute approximate surface area is 135 Å². The first-order valence-corrected chi connectivity index (χ1v) is 8.56. The van der Waals surface area contributed by atoms with E-state index in [9.17, 15) is 8.42 Å². The van der Waals surface area contributed by atoms with Gasteiger partial charge in [-0.1, -0.05) is 17.7 Å². The molecule has 0 fully saturated rings. The van der Waals surface area contributed by atoms with Crippen LogP contribution in [-0.2, 0) is 10.1 Å². The monoisotopic (exact) mass is 340 g/mol. The average molecular weight is 341 g/mol. The molecule has 0 unspecified atom stereocenters. The first-order valence-electron chi connectivity index (χ1n) is 6.77. The third kappa shape index (κ3) is 3.72. The molecule has 2 aromatic rings. The summed E-state index contributed by atoms with van der Waals surface area (Å²) in [5, 5.41) is 0.551. The van der Waals surface area contributed by atoms with E-state index in [1.165, 1.54) is 12.1 Å². The molecule has 2 aromatic carbocycles. The van der Waals surface area contributed by atoms with Crippen LogP contribution in [0.25, 0.3) is 0 Å². The van der Waals surface area contributed by atoms with E-state index in [-0.39, 0.29) is 16.4 Å². The average Bonchev–Trinajstić information content (AvgIpc) is 2.45. The van der Waals surface area contributed by atoms with E-state index >= 15 is 0 Å². The summed E-state index contributed by atoms with van der Waals surface area (Å²) in [6.45, 7) is 5.74. The zero-order valence-electron chi connectivity index (χ0n) is 12.6. The van der Waals surface area contributed by atoms with Crippen molar-refractivity contribution < 1.29 is 17.3 Å². The van der Waals surface area contributed by atoms with Crippen molar-refractivity contribution in [3.63, 3.8) is 0 Å². The summed E-state index contributed by atoms with van der Waals surface area (Å²) < 4.78 is 35.6. The first kappa shape index (κ1) is 16.6. The molecule has 0 radical (unpaired) electrons. The van der Waals surface area contributed by atoms with Gasteiger partial charge in [0.15, 0.2) is 0 Å². The highest BCUT2D eigenvalue weighted by molar-refractivity contribution is 7.87. The van der Waals surface area contributed by atoms with Gasteiger partial charge < -0.3 is 8.92 Å². The summed E-state index contributed by atoms with van der Waals surface area (Å²) >= 11 is 5.93. The summed E-state index contributed by atoms with van der Waals surface area (Å²) in [6.07, 6.45) is 0. The van der Waals surface area contributed by atoms with Crippen LogP contribution >= 0.6 is 11.6 Å². The zero-order chi connectivity index (χ0) is 16.3. The molecule has 2 rings (SSSR count). The van der Waals surface area contributed by atoms with E-state index in [1.54, 1.807) is 45.0 Å². The number of aryl methyl sites for hydroxylation is 2. The third-order valence-corrected chi connectivity index (χ3v) is 4.70. The maximum atomic E-state index is 12.5. The largest absolute Gasteiger partial charge is 0.492 e. The predicted octanol–water partition coefficient (Wildman–Crippen LogP) is 4.12. The fraction of sp³-hybridized carbons (Fsp3) is 0.250. The van der Waals surface area contributed by atoms with Gasteiger partial charge in [-0.25, -0.2) is 0 Å². The van der Waals surface area contributed by atoms with Crippen LogP contribution in [0.1, 0.15) is 18.1 Å². The Hall–Kier alpha value is -1.72. The second-order valence-corrected chi connectivity index (χ2v) is 6.75. The van der Waals surface area contributed by atoms with Crippen molar-refractivity contribution in [3.05, 3.63) is 52.5 Å². The van der Waals surface area contributed by atoms with Crippen molar-refractivity contribution in [1.29, 1.82) is 0 Å². The SMILES string of the molecule is CCOc1ccc(C)cc1S(=O)(=O)Oc1ccc(Cl)c(C)c1. The van der Waals surface area contributed by atoms with E-state index in [1.807, 2.05) is 0 Å². The van der Waals surface area contributed by atoms with Crippen molar-refractivity contribution in [2.75, 3.05) is 6.61 Å². The zero-order valence-corrected chi connectivity index (χ0v) is 14.2. The van der Waals surface area contributed by atoms with Crippen LogP contribution in [0, 0.1) is 13.8 Å². The molecule has 0 saturated carbocycles. The van der Waals surface area contributed by atoms with Crippen LogP contribution in [0.2, 0.25) is 5.02 Å². The Morgan fingerprint density at radius 3 is 2.45 bits per heavy atom. The van der Waals surface area contributed by atoms with Gasteiger partial charge in [-0.3, -0.25) is 0 Å². The van der Waals surface area contributed by atoms with Gasteiger partial charge in [0.25, 0.3) is 0 Å². The van der Waals surface area contributed by atoms with Crippen molar-refractivity contribution >= 4 is 21.7 Å². The maximum absolute atomic E-state index is 12.5. The minimum Gasteiger partial charge on any atom is -0.492 e. The molecule has 0 saturated heterocycles. The van der Waals surface area contributed by atoms with Gasteiger partial charge in [0.2, 0.25) is 0 Å². The quantitative estimate of drug-likeness (QED) is 0.768. The molecule has 0 heterocycles. The summed E-state index contributed by atoms with van der Waals surface area (Å²) in [6, 6.07) is 9.64. The summed E-state index contributed by atoms with van der Waals surface area (Å²) in [5.41, 5.74) is 1.54. The van der Waals surface area contributed by atoms with Crippen LogP contribution in [-0.4, -0.2) is 15.0 Å². The highest BCUT2D eigenvalue weighted by Gasteiger charge is 2.22. The van der Waals surface area contributed by atoms with E-state index in [0.29, 0.717) is 11.6 Å². The number of ether oxygens (including phenoxy) is 1. The van der Waals surface area contributed by atoms with Crippen LogP contribution in [0.3, 0.4) is 0 Å². The van der Waals surface area contributed by atoms with Crippen molar-refractivity contribution in [3.8, 4) is 11.5 Å². The normalized spacial score (nSPS) is 11.3. The highest BCUT2D eigenvalue weighted by atomic mass is 35.5. The van der Waals surface area contributed by atoms with Gasteiger partial charge in [-0.05, 0) is 62.2 Å². The molecule has 0 spiro atoms. The van der Waals surface area contributed by atoms with Crippen molar-refractivity contribution in [1.82, 2.24) is 0 Å². The lowest BCUT2D eigenvalue weighted by Crippen LogP contribution is -2.12. The van der Waals surface area contributed by atoms with E-state index in [2.05, 4.69) is 0 Å². The second-order valence-electron chi connectivity index (χ2n) is 4.83. The number of benzene rings is 2. The molecular weight excluding hydrogens is 324 g/mol. The Morgan fingerprint density at radius 1 is 1.09 bits per heavy atom. The number of hydrogen-bond donors (Lipinski definition) is 0. The number of halogens is 1. The standard InChI is InChI=1S/C16H17ClO4S/c1-4-20-15-8-5-11(2)9-16(15)22(18,19)21-13-6-7-14(17)12(3)10-13/h5-10H,4H2,1-3H3. The highest BCUT2D eigenvalue weighted by Crippen LogP contribution is 2.29. The molecule has 0 aliphatic carbocycles. The summed E-state index contributed by atoms with van der Waals surface area (Å²) in [7, 11) is -3.99. The molecule has 0 aromatic heterocycles. The van der Waals surface area contributed by atoms with Crippen LogP contribution in [0.4, 0.5) is 0 Å². The molecular formula is C16H17ClO4S. The molecule has 22 heavy (non-hydrogen) atoms. The van der Waals surface area contributed by atoms with Crippen LogP contribution < -0.4 is 8.92 Å². The lowest BCUT2D eigenvalue weighted by molar-refractivity contribution is 0.329. The topological polar surface area (TPSA) is 52.6 Å². The van der Waals surface area contributed by atoms with Gasteiger partial charge in [0, 0.05) is 5.02 Å². The van der Waals surface area contributed by atoms with Gasteiger partial charge in [0.1, 0.15) is 16.4 Å². The van der Waals surface area contributed by atoms with Gasteiger partial charge in [0.05, 0.1) is 6.61 Å². The number of hydrogen-bond acceptors (Lipinski definition) is 4. The smallest absolute Gasteiger partial charge is 0.342 e. The first-order chi connectivity index (χ1) is 10.3. The Morgan fingerprint density at radius 2 is 1.82 bits per heavy atom. The molecule has 0 amide bonds. The minimum atomic E-state index is -3.99. The van der Waals surface area contributed by atoms with Gasteiger partial charge >= 0.3 is 10.1 Å². The van der Waals surface area contributed by atoms with Crippen molar-refractivity contribution in [2.45, 2.75) is 25.7 Å². The lowest BCUT2D eigenvalue weighted by atomic mass is 10.2. The Bertz CT molecular complexity index is 785. The summed E-state index contributed by atoms with van der Waals surface area (Å²) in [4.78, 5) is 0.0157. The predicted molar refractivity (Wildman–Crippen MR) is 86.4 cm³/mol. The molecule has 0 atom stereocenters. The van der Waals surface area contributed by atoms with Crippen molar-refractivity contribution in [2.24, 2.45) is 0 Å². The molecule has 0 aliphatic rings. The summed E-state index contributed by atoms with van der Waals surface area (Å²) in [5.74, 6) is 0.490. The second kappa shape index (κ2) is 6.58. The molecule has 118 valence electrons. The van der Waals surface area contributed by atoms with E-state index in [4.69, 9.17) is 20.5 Å². The fourth-order valence-corrected chi connectivity index (χ4v) is 3.19.